The van der Waals surface area contributed by atoms with Gasteiger partial charge in [-0.2, -0.15) is 0 Å². The molecule has 0 aliphatic carbocycles. The van der Waals surface area contributed by atoms with Gasteiger partial charge in [0.15, 0.2) is 0 Å². The van der Waals surface area contributed by atoms with Gasteiger partial charge >= 0.3 is 12.1 Å². The largest absolute Gasteiger partial charge is 0.495 e. The van der Waals surface area contributed by atoms with E-state index < -0.39 is 17.7 Å². The van der Waals surface area contributed by atoms with E-state index in [2.05, 4.69) is 10.1 Å². The molecule has 1 aromatic rings. The van der Waals surface area contributed by atoms with Gasteiger partial charge in [0.25, 0.3) is 0 Å². The van der Waals surface area contributed by atoms with E-state index in [-0.39, 0.29) is 6.54 Å². The number of methoxy groups -OCH3 is 2. The maximum atomic E-state index is 11.6. The summed E-state index contributed by atoms with van der Waals surface area (Å²) in [5, 5.41) is 4.25. The highest BCUT2D eigenvalue weighted by Crippen LogP contribution is 2.31. The van der Waals surface area contributed by atoms with E-state index in [9.17, 15) is 9.59 Å². The molecule has 20 heavy (non-hydrogen) atoms. The number of carbonyl (C=O) groups excluding carboxylic acids is 2. The monoisotopic (exact) mass is 301 g/mol. The fraction of sp³-hybridized carbons (Fsp3) is 0.538. The zero-order valence-electron chi connectivity index (χ0n) is 12.2. The summed E-state index contributed by atoms with van der Waals surface area (Å²) in [6, 6.07) is 0. The Labute approximate surface area is 122 Å². The van der Waals surface area contributed by atoms with Crippen molar-refractivity contribution in [3.05, 3.63) is 15.8 Å². The number of esters is 1. The highest BCUT2D eigenvalue weighted by atomic mass is 32.1. The quantitative estimate of drug-likeness (QED) is 0.865. The third kappa shape index (κ3) is 4.41. The van der Waals surface area contributed by atoms with Crippen molar-refractivity contribution in [1.82, 2.24) is 5.32 Å². The smallest absolute Gasteiger partial charge is 0.407 e. The van der Waals surface area contributed by atoms with Crippen LogP contribution in [0.4, 0.5) is 4.79 Å². The molecule has 112 valence electrons. The van der Waals surface area contributed by atoms with Gasteiger partial charge < -0.3 is 19.5 Å². The van der Waals surface area contributed by atoms with Crippen LogP contribution in [0.25, 0.3) is 0 Å². The molecule has 0 radical (unpaired) electrons. The van der Waals surface area contributed by atoms with Gasteiger partial charge in [0.2, 0.25) is 0 Å². The van der Waals surface area contributed by atoms with E-state index in [1.54, 1.807) is 26.2 Å². The van der Waals surface area contributed by atoms with Crippen LogP contribution in [-0.4, -0.2) is 31.9 Å². The van der Waals surface area contributed by atoms with E-state index in [1.807, 2.05) is 0 Å². The third-order valence-electron chi connectivity index (χ3n) is 2.22. The number of amides is 1. The molecule has 1 N–H and O–H groups in total. The molecule has 1 heterocycles. The summed E-state index contributed by atoms with van der Waals surface area (Å²) < 4.78 is 15.0. The number of thiophene rings is 1. The van der Waals surface area contributed by atoms with E-state index in [1.165, 1.54) is 25.6 Å². The van der Waals surface area contributed by atoms with Crippen LogP contribution in [-0.2, 0) is 16.0 Å². The van der Waals surface area contributed by atoms with Crippen LogP contribution in [0.5, 0.6) is 5.75 Å². The summed E-state index contributed by atoms with van der Waals surface area (Å²) in [5.74, 6) is -0.0560. The highest BCUT2D eigenvalue weighted by Gasteiger charge is 2.21. The second kappa shape index (κ2) is 6.60. The average Bonchev–Trinajstić information content (AvgIpc) is 2.76. The van der Waals surface area contributed by atoms with Crippen LogP contribution in [0.1, 0.15) is 36.0 Å². The minimum Gasteiger partial charge on any atom is -0.495 e. The molecule has 1 amide bonds. The molecule has 7 heteroatoms. The molecule has 0 spiro atoms. The molecule has 0 fully saturated rings. The molecular weight excluding hydrogens is 282 g/mol. The lowest BCUT2D eigenvalue weighted by atomic mass is 10.2. The zero-order valence-corrected chi connectivity index (χ0v) is 13.1. The van der Waals surface area contributed by atoms with Gasteiger partial charge in [-0.25, -0.2) is 9.59 Å². The second-order valence-corrected chi connectivity index (χ2v) is 5.92. The minimum atomic E-state index is -0.555. The van der Waals surface area contributed by atoms with Crippen LogP contribution in [0, 0.1) is 0 Å². The van der Waals surface area contributed by atoms with Crippen molar-refractivity contribution in [2.45, 2.75) is 32.9 Å². The predicted octanol–water partition coefficient (Wildman–Crippen LogP) is 2.57. The van der Waals surface area contributed by atoms with E-state index in [0.29, 0.717) is 11.3 Å². The Balaban J connectivity index is 2.72. The summed E-state index contributed by atoms with van der Waals surface area (Å²) in [6.07, 6.45) is -0.521. The van der Waals surface area contributed by atoms with Crippen LogP contribution < -0.4 is 10.1 Å². The molecule has 1 rings (SSSR count). The maximum Gasteiger partial charge on any atom is 0.407 e. The third-order valence-corrected chi connectivity index (χ3v) is 3.19. The van der Waals surface area contributed by atoms with E-state index in [4.69, 9.17) is 9.47 Å². The zero-order chi connectivity index (χ0) is 15.3. The highest BCUT2D eigenvalue weighted by molar-refractivity contribution is 7.10. The van der Waals surface area contributed by atoms with Gasteiger partial charge in [0.05, 0.1) is 25.6 Å². The summed E-state index contributed by atoms with van der Waals surface area (Å²) >= 11 is 1.31. The molecule has 0 saturated heterocycles. The van der Waals surface area contributed by atoms with Crippen LogP contribution >= 0.6 is 11.3 Å². The van der Waals surface area contributed by atoms with Gasteiger partial charge in [-0.1, -0.05) is 0 Å². The molecule has 0 aliphatic heterocycles. The summed E-state index contributed by atoms with van der Waals surface area (Å²) in [6.45, 7) is 5.58. The van der Waals surface area contributed by atoms with Gasteiger partial charge in [-0.3, -0.25) is 0 Å². The first-order valence-corrected chi connectivity index (χ1v) is 6.86. The Kier molecular flexibility index (Phi) is 5.38. The topological polar surface area (TPSA) is 73.9 Å². The van der Waals surface area contributed by atoms with Gasteiger partial charge in [-0.05, 0) is 20.8 Å². The number of carbonyl (C=O) groups is 2. The van der Waals surface area contributed by atoms with Crippen molar-refractivity contribution in [2.75, 3.05) is 14.2 Å². The van der Waals surface area contributed by atoms with Gasteiger partial charge in [0.1, 0.15) is 16.9 Å². The molecule has 1 aromatic heterocycles. The predicted molar refractivity (Wildman–Crippen MR) is 75.3 cm³/mol. The second-order valence-electron chi connectivity index (χ2n) is 4.95. The van der Waals surface area contributed by atoms with Crippen molar-refractivity contribution in [1.29, 1.82) is 0 Å². The fourth-order valence-electron chi connectivity index (χ4n) is 1.45. The molecule has 0 saturated carbocycles. The van der Waals surface area contributed by atoms with Gasteiger partial charge in [-0.15, -0.1) is 11.3 Å². The fourth-order valence-corrected chi connectivity index (χ4v) is 2.37. The van der Waals surface area contributed by atoms with Crippen LogP contribution in [0.2, 0.25) is 0 Å². The number of nitrogens with one attached hydrogen (secondary N) is 1. The van der Waals surface area contributed by atoms with E-state index >= 15 is 0 Å². The first-order chi connectivity index (χ1) is 9.28. The molecular formula is C13H19NO5S. The van der Waals surface area contributed by atoms with Crippen LogP contribution in [0.3, 0.4) is 0 Å². The van der Waals surface area contributed by atoms with E-state index in [0.717, 1.165) is 4.88 Å². The molecule has 6 nitrogen and oxygen atoms in total. The summed E-state index contributed by atoms with van der Waals surface area (Å²) in [7, 11) is 2.77. The summed E-state index contributed by atoms with van der Waals surface area (Å²) in [4.78, 5) is 23.8. The Morgan fingerprint density at radius 1 is 1.30 bits per heavy atom. The lowest BCUT2D eigenvalue weighted by molar-refractivity contribution is 0.0523. The van der Waals surface area contributed by atoms with Crippen molar-refractivity contribution in [3.8, 4) is 5.75 Å². The molecule has 0 atom stereocenters. The number of ether oxygens (including phenoxy) is 3. The van der Waals surface area contributed by atoms with Crippen molar-refractivity contribution >= 4 is 23.4 Å². The van der Waals surface area contributed by atoms with Crippen molar-refractivity contribution in [3.63, 3.8) is 0 Å². The SMILES string of the molecule is COC(=O)c1csc(CNC(=O)OC(C)(C)C)c1OC. The Morgan fingerprint density at radius 2 is 1.95 bits per heavy atom. The standard InChI is InChI=1S/C13H19NO5S/c1-13(2,3)19-12(16)14-6-9-10(17-4)8(7-20-9)11(15)18-5/h7H,6H2,1-5H3,(H,14,16). The molecule has 0 unspecified atom stereocenters. The number of rotatable bonds is 4. The lowest BCUT2D eigenvalue weighted by Gasteiger charge is -2.19. The average molecular weight is 301 g/mol. The Hall–Kier alpha value is -1.76. The normalized spacial score (nSPS) is 10.8. The number of hydrogen-bond donors (Lipinski definition) is 1. The Morgan fingerprint density at radius 3 is 2.45 bits per heavy atom. The maximum absolute atomic E-state index is 11.6. The minimum absolute atomic E-state index is 0.222. The lowest BCUT2D eigenvalue weighted by Crippen LogP contribution is -2.32. The molecule has 0 bridgehead atoms. The number of hydrogen-bond acceptors (Lipinski definition) is 6. The Bertz CT molecular complexity index is 489. The molecule has 0 aromatic carbocycles. The number of alkyl carbamates (subject to hydrolysis) is 1. The van der Waals surface area contributed by atoms with Crippen molar-refractivity contribution < 1.29 is 23.8 Å². The molecule has 0 aliphatic rings. The first-order valence-electron chi connectivity index (χ1n) is 5.98. The van der Waals surface area contributed by atoms with Crippen LogP contribution in [0.15, 0.2) is 5.38 Å². The summed E-state index contributed by atoms with van der Waals surface area (Å²) in [5.41, 5.74) is -0.207. The van der Waals surface area contributed by atoms with Gasteiger partial charge in [0, 0.05) is 5.38 Å². The van der Waals surface area contributed by atoms with Crippen molar-refractivity contribution in [2.24, 2.45) is 0 Å². The first kappa shape index (κ1) is 16.3.